The molecular formula is C9H10BrNO2. The zero-order valence-electron chi connectivity index (χ0n) is 7.45. The summed E-state index contributed by atoms with van der Waals surface area (Å²) in [6, 6.07) is 3.53. The Morgan fingerprint density at radius 2 is 2.31 bits per heavy atom. The molecule has 1 unspecified atom stereocenters. The van der Waals surface area contributed by atoms with Gasteiger partial charge in [-0.1, -0.05) is 0 Å². The topological polar surface area (TPSA) is 39.2 Å². The second-order valence-electron chi connectivity index (χ2n) is 2.69. The first-order valence-electron chi connectivity index (χ1n) is 3.88. The number of ether oxygens (including phenoxy) is 1. The predicted molar refractivity (Wildman–Crippen MR) is 52.7 cm³/mol. The lowest BCUT2D eigenvalue weighted by Crippen LogP contribution is -2.21. The van der Waals surface area contributed by atoms with Gasteiger partial charge in [-0.15, -0.1) is 0 Å². The van der Waals surface area contributed by atoms with Gasteiger partial charge in [0, 0.05) is 16.7 Å². The Morgan fingerprint density at radius 1 is 1.62 bits per heavy atom. The van der Waals surface area contributed by atoms with Crippen LogP contribution in [-0.2, 0) is 4.79 Å². The SMILES string of the molecule is CC(=O)C(C)Oc1ccc(Br)cn1. The molecule has 4 heteroatoms. The normalized spacial score (nSPS) is 12.2. The second kappa shape index (κ2) is 4.37. The molecule has 0 spiro atoms. The molecule has 0 bridgehead atoms. The minimum Gasteiger partial charge on any atom is -0.467 e. The maximum absolute atomic E-state index is 10.9. The number of pyridine rings is 1. The molecule has 0 aliphatic heterocycles. The molecule has 1 heterocycles. The third-order valence-electron chi connectivity index (χ3n) is 1.57. The molecule has 0 saturated heterocycles. The fourth-order valence-electron chi connectivity index (χ4n) is 0.696. The minimum atomic E-state index is -0.436. The summed E-state index contributed by atoms with van der Waals surface area (Å²) in [5.74, 6) is 0.454. The summed E-state index contributed by atoms with van der Waals surface area (Å²) in [5.41, 5.74) is 0. The van der Waals surface area contributed by atoms with E-state index in [4.69, 9.17) is 4.74 Å². The number of nitrogens with zero attached hydrogens (tertiary/aromatic N) is 1. The Kier molecular flexibility index (Phi) is 3.42. The third-order valence-corrected chi connectivity index (χ3v) is 2.04. The van der Waals surface area contributed by atoms with Crippen molar-refractivity contribution < 1.29 is 9.53 Å². The zero-order valence-corrected chi connectivity index (χ0v) is 9.04. The summed E-state index contributed by atoms with van der Waals surface area (Å²) >= 11 is 3.26. The van der Waals surface area contributed by atoms with Crippen LogP contribution in [0.15, 0.2) is 22.8 Å². The van der Waals surface area contributed by atoms with Crippen molar-refractivity contribution in [2.45, 2.75) is 20.0 Å². The van der Waals surface area contributed by atoms with E-state index in [9.17, 15) is 4.79 Å². The van der Waals surface area contributed by atoms with E-state index in [1.807, 2.05) is 6.07 Å². The van der Waals surface area contributed by atoms with E-state index in [2.05, 4.69) is 20.9 Å². The van der Waals surface area contributed by atoms with Crippen molar-refractivity contribution in [1.82, 2.24) is 4.98 Å². The molecule has 3 nitrogen and oxygen atoms in total. The van der Waals surface area contributed by atoms with E-state index in [1.54, 1.807) is 19.2 Å². The van der Waals surface area contributed by atoms with E-state index in [0.29, 0.717) is 5.88 Å². The highest BCUT2D eigenvalue weighted by molar-refractivity contribution is 9.10. The van der Waals surface area contributed by atoms with Crippen LogP contribution < -0.4 is 4.74 Å². The molecule has 0 radical (unpaired) electrons. The molecule has 0 fully saturated rings. The monoisotopic (exact) mass is 243 g/mol. The van der Waals surface area contributed by atoms with Crippen LogP contribution in [0.3, 0.4) is 0 Å². The second-order valence-corrected chi connectivity index (χ2v) is 3.60. The quantitative estimate of drug-likeness (QED) is 0.818. The summed E-state index contributed by atoms with van der Waals surface area (Å²) in [6.45, 7) is 3.19. The molecule has 70 valence electrons. The number of halogens is 1. The predicted octanol–water partition coefficient (Wildman–Crippen LogP) is 2.20. The molecule has 13 heavy (non-hydrogen) atoms. The lowest BCUT2D eigenvalue weighted by molar-refractivity contribution is -0.123. The van der Waals surface area contributed by atoms with Crippen LogP contribution in [0, 0.1) is 0 Å². The van der Waals surface area contributed by atoms with Gasteiger partial charge in [0.2, 0.25) is 5.88 Å². The van der Waals surface area contributed by atoms with Gasteiger partial charge in [-0.3, -0.25) is 4.79 Å². The van der Waals surface area contributed by atoms with Gasteiger partial charge in [-0.05, 0) is 35.8 Å². The summed E-state index contributed by atoms with van der Waals surface area (Å²) in [7, 11) is 0. The van der Waals surface area contributed by atoms with Gasteiger partial charge in [0.15, 0.2) is 11.9 Å². The van der Waals surface area contributed by atoms with E-state index in [0.717, 1.165) is 4.47 Å². The average Bonchev–Trinajstić information content (AvgIpc) is 2.08. The number of hydrogen-bond acceptors (Lipinski definition) is 3. The molecule has 1 atom stereocenters. The van der Waals surface area contributed by atoms with Crippen LogP contribution in [0.5, 0.6) is 5.88 Å². The Morgan fingerprint density at radius 3 is 2.77 bits per heavy atom. The smallest absolute Gasteiger partial charge is 0.213 e. The van der Waals surface area contributed by atoms with E-state index in [-0.39, 0.29) is 5.78 Å². The summed E-state index contributed by atoms with van der Waals surface area (Å²) in [6.07, 6.45) is 1.19. The zero-order chi connectivity index (χ0) is 9.84. The molecule has 1 aromatic rings. The highest BCUT2D eigenvalue weighted by Gasteiger charge is 2.09. The molecular weight excluding hydrogens is 234 g/mol. The molecule has 0 amide bonds. The van der Waals surface area contributed by atoms with Crippen LogP contribution in [0.25, 0.3) is 0 Å². The number of Topliss-reactive ketones (excluding diaryl/α,β-unsaturated/α-hetero) is 1. The largest absolute Gasteiger partial charge is 0.467 e. The van der Waals surface area contributed by atoms with Gasteiger partial charge >= 0.3 is 0 Å². The number of aromatic nitrogens is 1. The molecule has 0 N–H and O–H groups in total. The van der Waals surface area contributed by atoms with Crippen molar-refractivity contribution in [2.75, 3.05) is 0 Å². The van der Waals surface area contributed by atoms with Gasteiger partial charge in [0.1, 0.15) is 0 Å². The molecule has 0 saturated carbocycles. The molecule has 0 aromatic carbocycles. The van der Waals surface area contributed by atoms with E-state index >= 15 is 0 Å². The Hall–Kier alpha value is -0.900. The van der Waals surface area contributed by atoms with Crippen LogP contribution in [-0.4, -0.2) is 16.9 Å². The average molecular weight is 244 g/mol. The van der Waals surface area contributed by atoms with Crippen LogP contribution in [0.2, 0.25) is 0 Å². The number of carbonyl (C=O) groups excluding carboxylic acids is 1. The molecule has 0 aliphatic carbocycles. The lowest BCUT2D eigenvalue weighted by Gasteiger charge is -2.09. The highest BCUT2D eigenvalue weighted by atomic mass is 79.9. The van der Waals surface area contributed by atoms with Gasteiger partial charge in [-0.25, -0.2) is 4.98 Å². The van der Waals surface area contributed by atoms with E-state index in [1.165, 1.54) is 6.92 Å². The van der Waals surface area contributed by atoms with Crippen LogP contribution in [0.1, 0.15) is 13.8 Å². The summed E-state index contributed by atoms with van der Waals surface area (Å²) in [5, 5.41) is 0. The maximum atomic E-state index is 10.9. The number of hydrogen-bond donors (Lipinski definition) is 0. The van der Waals surface area contributed by atoms with E-state index < -0.39 is 6.10 Å². The fraction of sp³-hybridized carbons (Fsp3) is 0.333. The Labute approximate surface area is 85.3 Å². The maximum Gasteiger partial charge on any atom is 0.213 e. The van der Waals surface area contributed by atoms with Crippen molar-refractivity contribution >= 4 is 21.7 Å². The number of carbonyl (C=O) groups is 1. The Balaban J connectivity index is 2.64. The van der Waals surface area contributed by atoms with Crippen molar-refractivity contribution in [3.63, 3.8) is 0 Å². The summed E-state index contributed by atoms with van der Waals surface area (Å²) < 4.78 is 6.13. The van der Waals surface area contributed by atoms with Crippen molar-refractivity contribution in [1.29, 1.82) is 0 Å². The fourth-order valence-corrected chi connectivity index (χ4v) is 0.931. The highest BCUT2D eigenvalue weighted by Crippen LogP contribution is 2.13. The standard InChI is InChI=1S/C9H10BrNO2/c1-6(12)7(2)13-9-4-3-8(10)5-11-9/h3-5,7H,1-2H3. The van der Waals surface area contributed by atoms with Gasteiger partial charge < -0.3 is 4.74 Å². The number of ketones is 1. The number of rotatable bonds is 3. The first-order chi connectivity index (χ1) is 6.09. The molecule has 0 aliphatic rings. The van der Waals surface area contributed by atoms with Crippen molar-refractivity contribution in [3.8, 4) is 5.88 Å². The first kappa shape index (κ1) is 10.2. The molecule has 1 rings (SSSR count). The van der Waals surface area contributed by atoms with Gasteiger partial charge in [-0.2, -0.15) is 0 Å². The van der Waals surface area contributed by atoms with Crippen molar-refractivity contribution in [3.05, 3.63) is 22.8 Å². The molecule has 1 aromatic heterocycles. The Bertz CT molecular complexity index is 297. The van der Waals surface area contributed by atoms with Gasteiger partial charge in [0.05, 0.1) is 0 Å². The third kappa shape index (κ3) is 3.14. The lowest BCUT2D eigenvalue weighted by atomic mass is 10.3. The van der Waals surface area contributed by atoms with Crippen LogP contribution >= 0.6 is 15.9 Å². The minimum absolute atomic E-state index is 0.00952. The van der Waals surface area contributed by atoms with Crippen molar-refractivity contribution in [2.24, 2.45) is 0 Å². The van der Waals surface area contributed by atoms with Crippen LogP contribution in [0.4, 0.5) is 0 Å². The summed E-state index contributed by atoms with van der Waals surface area (Å²) in [4.78, 5) is 14.8. The van der Waals surface area contributed by atoms with Gasteiger partial charge in [0.25, 0.3) is 0 Å². The first-order valence-corrected chi connectivity index (χ1v) is 4.67.